The van der Waals surface area contributed by atoms with E-state index in [1.807, 2.05) is 52.1 Å². The van der Waals surface area contributed by atoms with Crippen molar-refractivity contribution in [3.8, 4) is 0 Å². The minimum atomic E-state index is -0.863. The van der Waals surface area contributed by atoms with Crippen molar-refractivity contribution in [2.75, 3.05) is 44.7 Å². The minimum absolute atomic E-state index is 0.0588. The number of nitrogens with zero attached hydrogens (tertiary/aromatic N) is 3. The molecule has 258 valence electrons. The topological polar surface area (TPSA) is 82.5 Å². The lowest BCUT2D eigenvalue weighted by molar-refractivity contribution is -0.151. The molecule has 2 aliphatic heterocycles. The van der Waals surface area contributed by atoms with Gasteiger partial charge in [0.2, 0.25) is 0 Å². The molecule has 2 aliphatic rings. The zero-order valence-corrected chi connectivity index (χ0v) is 29.2. The Bertz CT molecular complexity index is 1180. The summed E-state index contributed by atoms with van der Waals surface area (Å²) in [7, 11) is 2.04. The van der Waals surface area contributed by atoms with Crippen LogP contribution in [0.2, 0.25) is 0 Å². The Labute approximate surface area is 276 Å². The summed E-state index contributed by atoms with van der Waals surface area (Å²) in [5.41, 5.74) is 2.30. The molecule has 1 fully saturated rings. The van der Waals surface area contributed by atoms with Crippen molar-refractivity contribution in [1.82, 2.24) is 9.80 Å². The molecular weight excluding hydrogens is 585 g/mol. The predicted molar refractivity (Wildman–Crippen MR) is 183 cm³/mol. The molecule has 0 saturated carbocycles. The van der Waals surface area contributed by atoms with Crippen molar-refractivity contribution in [3.63, 3.8) is 0 Å². The fourth-order valence-electron chi connectivity index (χ4n) is 6.59. The van der Waals surface area contributed by atoms with E-state index < -0.39 is 24.3 Å². The Kier molecular flexibility index (Phi) is 15.0. The number of piperazine rings is 1. The first-order chi connectivity index (χ1) is 21.9. The third-order valence-electron chi connectivity index (χ3n) is 9.36. The maximum atomic E-state index is 15.0. The van der Waals surface area contributed by atoms with Gasteiger partial charge >= 0.3 is 12.1 Å². The third-order valence-corrected chi connectivity index (χ3v) is 9.36. The second-order valence-electron chi connectivity index (χ2n) is 13.4. The second-order valence-corrected chi connectivity index (χ2v) is 13.4. The average molecular weight is 644 g/mol. The number of amides is 1. The fourth-order valence-corrected chi connectivity index (χ4v) is 6.59. The molecule has 5 atom stereocenters. The van der Waals surface area contributed by atoms with Gasteiger partial charge in [-0.1, -0.05) is 52.7 Å². The summed E-state index contributed by atoms with van der Waals surface area (Å²) in [6.45, 7) is 15.9. The van der Waals surface area contributed by atoms with Gasteiger partial charge in [0.25, 0.3) is 0 Å². The number of hydrogen-bond donors (Lipinski definition) is 1. The lowest BCUT2D eigenvalue weighted by atomic mass is 9.91. The molecule has 8 nitrogen and oxygen atoms in total. The molecule has 0 aliphatic carbocycles. The summed E-state index contributed by atoms with van der Waals surface area (Å²) in [5, 5.41) is 10.7. The standard InChI is InChI=1S/C37H58FN3O5/c1-8-11-31(12-9-2)41(10-3)32-23-29(22-30(38)24-32)21-28(6)36-27(5)14-16-34(26(4)13-15-33(42)25-35(43)46-36)45-37(44)40-19-17-39(7)18-20-40/h14,16,21-24,26-27,31,33-34,36,42H,8-13,15,17-20,25H2,1-7H3/b16-14+,28-21+/t26-,27-,33+,34-,36-/m0/s1. The third kappa shape index (κ3) is 11.1. The zero-order chi connectivity index (χ0) is 33.8. The van der Waals surface area contributed by atoms with Crippen LogP contribution in [0.5, 0.6) is 0 Å². The Balaban J connectivity index is 1.90. The van der Waals surface area contributed by atoms with Crippen LogP contribution < -0.4 is 4.90 Å². The Morgan fingerprint density at radius 1 is 1.09 bits per heavy atom. The van der Waals surface area contributed by atoms with Crippen LogP contribution in [-0.4, -0.2) is 91.1 Å². The molecule has 0 bridgehead atoms. The van der Waals surface area contributed by atoms with Crippen LogP contribution in [0.4, 0.5) is 14.9 Å². The molecule has 1 aromatic rings. The molecule has 0 radical (unpaired) electrons. The van der Waals surface area contributed by atoms with Gasteiger partial charge in [-0.25, -0.2) is 9.18 Å². The van der Waals surface area contributed by atoms with Gasteiger partial charge in [0.15, 0.2) is 0 Å². The number of rotatable bonds is 10. The van der Waals surface area contributed by atoms with Crippen molar-refractivity contribution in [1.29, 1.82) is 0 Å². The predicted octanol–water partition coefficient (Wildman–Crippen LogP) is 7.06. The highest BCUT2D eigenvalue weighted by molar-refractivity contribution is 5.71. The van der Waals surface area contributed by atoms with E-state index in [-0.39, 0.29) is 30.2 Å². The Morgan fingerprint density at radius 3 is 2.39 bits per heavy atom. The quantitative estimate of drug-likeness (QED) is 0.216. The van der Waals surface area contributed by atoms with Gasteiger partial charge in [-0.3, -0.25) is 4.79 Å². The van der Waals surface area contributed by atoms with Gasteiger partial charge in [-0.2, -0.15) is 0 Å². The van der Waals surface area contributed by atoms with E-state index >= 15 is 4.39 Å². The summed E-state index contributed by atoms with van der Waals surface area (Å²) in [4.78, 5) is 32.3. The van der Waals surface area contributed by atoms with Crippen LogP contribution in [0.25, 0.3) is 6.08 Å². The number of esters is 1. The molecule has 0 unspecified atom stereocenters. The van der Waals surface area contributed by atoms with Crippen LogP contribution in [0, 0.1) is 17.7 Å². The molecule has 1 N–H and O–H groups in total. The van der Waals surface area contributed by atoms with Crippen molar-refractivity contribution >= 4 is 23.8 Å². The largest absolute Gasteiger partial charge is 0.457 e. The number of cyclic esters (lactones) is 1. The molecule has 0 spiro atoms. The molecule has 0 aromatic heterocycles. The molecule has 1 amide bonds. The van der Waals surface area contributed by atoms with Crippen molar-refractivity contribution in [2.24, 2.45) is 11.8 Å². The monoisotopic (exact) mass is 643 g/mol. The van der Waals surface area contributed by atoms with Gasteiger partial charge in [-0.05, 0) is 87.9 Å². The molecular formula is C37H58FN3O5. The van der Waals surface area contributed by atoms with E-state index in [0.717, 1.165) is 56.6 Å². The highest BCUT2D eigenvalue weighted by Crippen LogP contribution is 2.29. The lowest BCUT2D eigenvalue weighted by Gasteiger charge is -2.33. The van der Waals surface area contributed by atoms with Crippen LogP contribution in [-0.2, 0) is 14.3 Å². The fraction of sp³-hybridized carbons (Fsp3) is 0.676. The van der Waals surface area contributed by atoms with Gasteiger partial charge < -0.3 is 29.3 Å². The van der Waals surface area contributed by atoms with E-state index in [1.54, 1.807) is 11.0 Å². The molecule has 9 heteroatoms. The van der Waals surface area contributed by atoms with Crippen molar-refractivity contribution in [2.45, 2.75) is 111 Å². The first kappa shape index (κ1) is 37.5. The number of aliphatic hydroxyl groups excluding tert-OH is 1. The summed E-state index contributed by atoms with van der Waals surface area (Å²) >= 11 is 0. The van der Waals surface area contributed by atoms with Gasteiger partial charge in [0.05, 0.1) is 12.5 Å². The molecule has 46 heavy (non-hydrogen) atoms. The summed E-state index contributed by atoms with van der Waals surface area (Å²) < 4.78 is 27.0. The zero-order valence-electron chi connectivity index (χ0n) is 29.2. The van der Waals surface area contributed by atoms with Crippen LogP contribution in [0.3, 0.4) is 0 Å². The highest BCUT2D eigenvalue weighted by atomic mass is 19.1. The number of carbonyl (C=O) groups is 2. The normalized spacial score (nSPS) is 26.2. The van der Waals surface area contributed by atoms with Gasteiger partial charge in [0.1, 0.15) is 18.0 Å². The maximum Gasteiger partial charge on any atom is 0.410 e. The number of aliphatic hydroxyl groups is 1. The van der Waals surface area contributed by atoms with E-state index in [4.69, 9.17) is 9.47 Å². The van der Waals surface area contributed by atoms with Crippen LogP contribution in [0.15, 0.2) is 35.9 Å². The summed E-state index contributed by atoms with van der Waals surface area (Å²) in [6.07, 6.45) is 8.44. The summed E-state index contributed by atoms with van der Waals surface area (Å²) in [5.74, 6) is -1.12. The molecule has 1 saturated heterocycles. The van der Waals surface area contributed by atoms with E-state index in [2.05, 4.69) is 30.6 Å². The second kappa shape index (κ2) is 18.4. The average Bonchev–Trinajstić information content (AvgIpc) is 3.00. The first-order valence-corrected chi connectivity index (χ1v) is 17.4. The summed E-state index contributed by atoms with van der Waals surface area (Å²) in [6, 6.07) is 5.45. The van der Waals surface area contributed by atoms with Crippen molar-refractivity contribution < 1.29 is 28.6 Å². The molecule has 2 heterocycles. The van der Waals surface area contributed by atoms with E-state index in [0.29, 0.717) is 37.5 Å². The number of hydrogen-bond acceptors (Lipinski definition) is 7. The van der Waals surface area contributed by atoms with Gasteiger partial charge in [-0.15, -0.1) is 0 Å². The van der Waals surface area contributed by atoms with Crippen LogP contribution >= 0.6 is 0 Å². The number of carbonyl (C=O) groups excluding carboxylic acids is 2. The first-order valence-electron chi connectivity index (χ1n) is 17.4. The number of anilines is 1. The van der Waals surface area contributed by atoms with Crippen molar-refractivity contribution in [3.05, 3.63) is 47.3 Å². The highest BCUT2D eigenvalue weighted by Gasteiger charge is 2.29. The Morgan fingerprint density at radius 2 is 1.76 bits per heavy atom. The number of halogens is 1. The minimum Gasteiger partial charge on any atom is -0.457 e. The molecule has 1 aromatic carbocycles. The molecule has 3 rings (SSSR count). The van der Waals surface area contributed by atoms with E-state index in [9.17, 15) is 14.7 Å². The number of benzene rings is 1. The SMILES string of the molecule is CCCC(CCC)N(CC)c1cc(F)cc(/C=C(\C)[C@H]2OC(=O)C[C@H](O)CC[C@H](C)[C@@H](OC(=O)N3CCN(C)CC3)/C=C/[C@@H]2C)c1. The number of likely N-dealkylation sites (N-methyl/N-ethyl adjacent to an activating group) is 1. The Hall–Kier alpha value is -2.91. The lowest BCUT2D eigenvalue weighted by Crippen LogP contribution is -2.48. The van der Waals surface area contributed by atoms with E-state index in [1.165, 1.54) is 6.07 Å². The maximum absolute atomic E-state index is 15.0. The van der Waals surface area contributed by atoms with Crippen LogP contribution in [0.1, 0.15) is 92.1 Å². The van der Waals surface area contributed by atoms with Gasteiger partial charge in [0, 0.05) is 50.4 Å². The number of ether oxygens (including phenoxy) is 2. The smallest absolute Gasteiger partial charge is 0.410 e.